The molecule has 3 aliphatic rings. The molecule has 3 heteroatoms. The van der Waals surface area contributed by atoms with Crippen LogP contribution in [-0.2, 0) is 9.53 Å². The molecule has 0 aromatic rings. The average Bonchev–Trinajstić information content (AvgIpc) is 2.47. The summed E-state index contributed by atoms with van der Waals surface area (Å²) in [5.74, 6) is -0.0334. The van der Waals surface area contributed by atoms with Gasteiger partial charge in [0.2, 0.25) is 0 Å². The summed E-state index contributed by atoms with van der Waals surface area (Å²) >= 11 is 0. The zero-order valence-electron chi connectivity index (χ0n) is 16.7. The molecule has 0 unspecified atom stereocenters. The van der Waals surface area contributed by atoms with Gasteiger partial charge in [-0.1, -0.05) is 30.2 Å². The van der Waals surface area contributed by atoms with Crippen molar-refractivity contribution in [1.82, 2.24) is 0 Å². The van der Waals surface area contributed by atoms with Crippen LogP contribution in [0.5, 0.6) is 0 Å². The highest BCUT2D eigenvalue weighted by atomic mass is 16.5. The maximum atomic E-state index is 11.7. The molecule has 4 atom stereocenters. The lowest BCUT2D eigenvalue weighted by Crippen LogP contribution is -2.53. The quantitative estimate of drug-likeness (QED) is 0.514. The molecule has 1 N–H and O–H groups in total. The van der Waals surface area contributed by atoms with Crippen molar-refractivity contribution < 1.29 is 14.6 Å². The van der Waals surface area contributed by atoms with Crippen LogP contribution in [0.3, 0.4) is 0 Å². The molecule has 0 aromatic heterocycles. The van der Waals surface area contributed by atoms with E-state index in [-0.39, 0.29) is 23.4 Å². The summed E-state index contributed by atoms with van der Waals surface area (Å²) in [4.78, 5) is 11.7. The first-order valence-corrected chi connectivity index (χ1v) is 9.83. The summed E-state index contributed by atoms with van der Waals surface area (Å²) in [5.41, 5.74) is 1.96. The molecule has 142 valence electrons. The number of hydrogen-bond donors (Lipinski definition) is 1. The summed E-state index contributed by atoms with van der Waals surface area (Å²) in [6, 6.07) is 0. The van der Waals surface area contributed by atoms with Gasteiger partial charge in [0, 0.05) is 12.3 Å². The maximum absolute atomic E-state index is 11.7. The monoisotopic (exact) mass is 348 g/mol. The van der Waals surface area contributed by atoms with Gasteiger partial charge in [-0.2, -0.15) is 0 Å². The van der Waals surface area contributed by atoms with E-state index in [1.54, 1.807) is 0 Å². The number of carbonyl (C=O) groups excluding carboxylic acids is 1. The predicted octanol–water partition coefficient (Wildman–Crippen LogP) is 5.33. The van der Waals surface area contributed by atoms with Gasteiger partial charge in [-0.15, -0.1) is 0 Å². The molecular weight excluding hydrogens is 312 g/mol. The number of aliphatic hydroxyl groups is 1. The number of carbonyl (C=O) groups is 1. The Balaban J connectivity index is 2.31. The molecule has 0 heterocycles. The Labute approximate surface area is 153 Å². The van der Waals surface area contributed by atoms with Crippen molar-refractivity contribution in [2.24, 2.45) is 11.3 Å². The number of allylic oxidation sites excluding steroid dienone is 4. The third-order valence-electron chi connectivity index (χ3n) is 6.35. The fraction of sp³-hybridized carbons (Fsp3) is 0.773. The van der Waals surface area contributed by atoms with Gasteiger partial charge in [0.15, 0.2) is 0 Å². The van der Waals surface area contributed by atoms with E-state index in [2.05, 4.69) is 32.9 Å². The zero-order chi connectivity index (χ0) is 18.7. The van der Waals surface area contributed by atoms with E-state index in [1.807, 2.05) is 6.92 Å². The van der Waals surface area contributed by atoms with Gasteiger partial charge in [-0.25, -0.2) is 0 Å². The molecule has 2 bridgehead atoms. The third kappa shape index (κ3) is 5.44. The number of esters is 1. The first-order chi connectivity index (χ1) is 11.6. The number of fused-ring (bicyclic) bond motifs is 9. The van der Waals surface area contributed by atoms with Gasteiger partial charge in [0.1, 0.15) is 6.10 Å². The van der Waals surface area contributed by atoms with Gasteiger partial charge in [-0.05, 0) is 78.1 Å². The van der Waals surface area contributed by atoms with Gasteiger partial charge >= 0.3 is 5.97 Å². The second-order valence-corrected chi connectivity index (χ2v) is 8.94. The molecule has 0 aromatic carbocycles. The maximum Gasteiger partial charge on any atom is 0.302 e. The molecule has 3 rings (SSSR count). The fourth-order valence-electron chi connectivity index (χ4n) is 4.74. The van der Waals surface area contributed by atoms with E-state index in [1.165, 1.54) is 18.1 Å². The van der Waals surface area contributed by atoms with Crippen molar-refractivity contribution in [3.8, 4) is 0 Å². The largest absolute Gasteiger partial charge is 0.462 e. The number of rotatable bonds is 1. The molecule has 25 heavy (non-hydrogen) atoms. The van der Waals surface area contributed by atoms with Gasteiger partial charge < -0.3 is 9.84 Å². The topological polar surface area (TPSA) is 46.5 Å². The van der Waals surface area contributed by atoms with Crippen LogP contribution in [0.15, 0.2) is 23.3 Å². The highest BCUT2D eigenvalue weighted by Gasteiger charge is 2.50. The molecule has 1 fully saturated rings. The van der Waals surface area contributed by atoms with Crippen molar-refractivity contribution in [2.45, 2.75) is 97.7 Å². The Bertz CT molecular complexity index is 543. The Kier molecular flexibility index (Phi) is 6.53. The van der Waals surface area contributed by atoms with Gasteiger partial charge in [0.05, 0.1) is 5.60 Å². The highest BCUT2D eigenvalue weighted by molar-refractivity contribution is 5.66. The summed E-state index contributed by atoms with van der Waals surface area (Å²) in [6.45, 7) is 10.1. The van der Waals surface area contributed by atoms with Crippen LogP contribution in [-0.4, -0.2) is 22.8 Å². The Morgan fingerprint density at radius 3 is 2.48 bits per heavy atom. The minimum Gasteiger partial charge on any atom is -0.462 e. The highest BCUT2D eigenvalue weighted by Crippen LogP contribution is 2.50. The third-order valence-corrected chi connectivity index (χ3v) is 6.35. The Morgan fingerprint density at radius 2 is 1.80 bits per heavy atom. The van der Waals surface area contributed by atoms with Crippen LogP contribution in [0.4, 0.5) is 0 Å². The minimum atomic E-state index is -0.700. The normalized spacial score (nSPS) is 41.8. The lowest BCUT2D eigenvalue weighted by molar-refractivity contribution is -0.176. The fourth-order valence-corrected chi connectivity index (χ4v) is 4.74. The van der Waals surface area contributed by atoms with Gasteiger partial charge in [-0.3, -0.25) is 4.79 Å². The second kappa shape index (κ2) is 8.07. The summed E-state index contributed by atoms with van der Waals surface area (Å²) < 4.78 is 5.75. The molecular formula is C22H36O3. The van der Waals surface area contributed by atoms with Crippen LogP contribution >= 0.6 is 0 Å². The summed E-state index contributed by atoms with van der Waals surface area (Å²) in [7, 11) is 0. The summed E-state index contributed by atoms with van der Waals surface area (Å²) in [6.07, 6.45) is 12.1. The molecule has 0 aliphatic heterocycles. The van der Waals surface area contributed by atoms with E-state index < -0.39 is 5.60 Å². The number of hydrogen-bond acceptors (Lipinski definition) is 3. The zero-order valence-corrected chi connectivity index (χ0v) is 16.7. The lowest BCUT2D eigenvalue weighted by Gasteiger charge is -2.51. The average molecular weight is 349 g/mol. The standard InChI is InChI=1S/C22H36O3/c1-16-8-6-9-17(2)11-12-19-14-20(25-18(3)23)21(4,13-7-10-16)15-22(19,5)24/h9-10,19-20,24H,6-8,11-15H2,1-5H3/b16-10+,17-9+/t19-,20-,21-,22-/m0/s1. The minimum absolute atomic E-state index is 0.101. The smallest absolute Gasteiger partial charge is 0.302 e. The van der Waals surface area contributed by atoms with Crippen molar-refractivity contribution in [3.63, 3.8) is 0 Å². The van der Waals surface area contributed by atoms with Crippen LogP contribution < -0.4 is 0 Å². The van der Waals surface area contributed by atoms with E-state index in [0.29, 0.717) is 6.42 Å². The molecule has 3 nitrogen and oxygen atoms in total. The van der Waals surface area contributed by atoms with Crippen LogP contribution in [0.2, 0.25) is 0 Å². The Hall–Kier alpha value is -1.09. The number of ether oxygens (including phenoxy) is 1. The Morgan fingerprint density at radius 1 is 1.16 bits per heavy atom. The molecule has 0 spiro atoms. The van der Waals surface area contributed by atoms with E-state index >= 15 is 0 Å². The second-order valence-electron chi connectivity index (χ2n) is 8.94. The summed E-state index contributed by atoms with van der Waals surface area (Å²) in [5, 5.41) is 11.2. The lowest BCUT2D eigenvalue weighted by atomic mass is 9.60. The van der Waals surface area contributed by atoms with E-state index in [9.17, 15) is 9.90 Å². The van der Waals surface area contributed by atoms with Gasteiger partial charge in [0.25, 0.3) is 0 Å². The van der Waals surface area contributed by atoms with Crippen molar-refractivity contribution in [3.05, 3.63) is 23.3 Å². The van der Waals surface area contributed by atoms with Crippen LogP contribution in [0.25, 0.3) is 0 Å². The molecule has 0 saturated heterocycles. The molecule has 3 aliphatic carbocycles. The van der Waals surface area contributed by atoms with Crippen LogP contribution in [0.1, 0.15) is 86.0 Å². The van der Waals surface area contributed by atoms with Crippen molar-refractivity contribution >= 4 is 5.97 Å². The first kappa shape index (κ1) is 20.2. The predicted molar refractivity (Wildman–Crippen MR) is 102 cm³/mol. The van der Waals surface area contributed by atoms with E-state index in [0.717, 1.165) is 44.9 Å². The van der Waals surface area contributed by atoms with Crippen molar-refractivity contribution in [1.29, 1.82) is 0 Å². The molecule has 1 saturated carbocycles. The first-order valence-electron chi connectivity index (χ1n) is 9.83. The van der Waals surface area contributed by atoms with Crippen molar-refractivity contribution in [2.75, 3.05) is 0 Å². The van der Waals surface area contributed by atoms with Crippen LogP contribution in [0, 0.1) is 11.3 Å². The molecule has 0 radical (unpaired) electrons. The molecule has 0 amide bonds. The SMILES string of the molecule is CC(=O)O[C@H]1C[C@@H]2CC/C(C)=C/CC/C(C)=C/CC[C@@]1(C)C[C@]2(C)O. The van der Waals surface area contributed by atoms with E-state index in [4.69, 9.17) is 4.74 Å².